The molecule has 5 nitrogen and oxygen atoms in total. The smallest absolute Gasteiger partial charge is 0.183 e. The Morgan fingerprint density at radius 2 is 1.14 bits per heavy atom. The molecular formula is CH10ClN3O2. The number of guanidine groups is 1. The monoisotopic (exact) mass is 131 g/mol. The third kappa shape index (κ3) is 245. The van der Waals surface area contributed by atoms with Crippen molar-refractivity contribution in [3.8, 4) is 0 Å². The number of hydrogen-bond donors (Lipinski definition) is 3. The van der Waals surface area contributed by atoms with Gasteiger partial charge in [0, 0.05) is 0 Å². The van der Waals surface area contributed by atoms with Crippen molar-refractivity contribution in [3.63, 3.8) is 0 Å². The quantitative estimate of drug-likeness (QED) is 0.249. The van der Waals surface area contributed by atoms with E-state index in [9.17, 15) is 0 Å². The van der Waals surface area contributed by atoms with Crippen LogP contribution in [0, 0.1) is 5.41 Å². The van der Waals surface area contributed by atoms with Gasteiger partial charge in [-0.3, -0.25) is 5.41 Å². The van der Waals surface area contributed by atoms with Crippen molar-refractivity contribution in [1.82, 2.24) is 0 Å². The van der Waals surface area contributed by atoms with E-state index in [1.807, 2.05) is 0 Å². The Morgan fingerprint density at radius 1 is 1.14 bits per heavy atom. The molecule has 0 aliphatic carbocycles. The van der Waals surface area contributed by atoms with Crippen LogP contribution in [0.4, 0.5) is 0 Å². The first-order chi connectivity index (χ1) is 1.73. The summed E-state index contributed by atoms with van der Waals surface area (Å²) in [6, 6.07) is 0. The molecule has 0 amide bonds. The molecule has 0 fully saturated rings. The summed E-state index contributed by atoms with van der Waals surface area (Å²) < 4.78 is 0. The van der Waals surface area contributed by atoms with E-state index in [-0.39, 0.29) is 29.3 Å². The maximum atomic E-state index is 6.06. The van der Waals surface area contributed by atoms with Gasteiger partial charge in [-0.25, -0.2) is 0 Å². The molecule has 0 aromatic rings. The van der Waals surface area contributed by atoms with Crippen molar-refractivity contribution in [2.24, 2.45) is 11.5 Å². The summed E-state index contributed by atoms with van der Waals surface area (Å²) >= 11 is 0. The molecule has 0 bridgehead atoms. The van der Waals surface area contributed by atoms with Crippen LogP contribution in [0.15, 0.2) is 0 Å². The first-order valence-electron chi connectivity index (χ1n) is 0.827. The molecule has 0 radical (unpaired) electrons. The van der Waals surface area contributed by atoms with E-state index in [0.717, 1.165) is 0 Å². The predicted molar refractivity (Wildman–Crippen MR) is 30.6 cm³/mol. The summed E-state index contributed by atoms with van der Waals surface area (Å²) in [7, 11) is 0. The van der Waals surface area contributed by atoms with Crippen LogP contribution in [-0.4, -0.2) is 16.9 Å². The van der Waals surface area contributed by atoms with Gasteiger partial charge in [0.1, 0.15) is 0 Å². The fourth-order valence-electron chi connectivity index (χ4n) is 0. The Hall–Kier alpha value is -0.520. The van der Waals surface area contributed by atoms with Crippen LogP contribution in [0.1, 0.15) is 0 Å². The Kier molecular flexibility index (Phi) is 80.8. The van der Waals surface area contributed by atoms with Crippen LogP contribution in [0.5, 0.6) is 0 Å². The molecule has 6 heteroatoms. The lowest BCUT2D eigenvalue weighted by atomic mass is 11.1. The van der Waals surface area contributed by atoms with Crippen LogP contribution in [-0.2, 0) is 0 Å². The van der Waals surface area contributed by atoms with Gasteiger partial charge in [-0.15, -0.1) is 12.4 Å². The van der Waals surface area contributed by atoms with Gasteiger partial charge in [0.15, 0.2) is 5.96 Å². The summed E-state index contributed by atoms with van der Waals surface area (Å²) in [5.74, 6) is -0.333. The zero-order valence-corrected chi connectivity index (χ0v) is 4.38. The maximum absolute atomic E-state index is 6.06. The van der Waals surface area contributed by atoms with E-state index in [4.69, 9.17) is 5.41 Å². The highest BCUT2D eigenvalue weighted by atomic mass is 35.5. The van der Waals surface area contributed by atoms with E-state index in [1.54, 1.807) is 0 Å². The molecule has 0 spiro atoms. The summed E-state index contributed by atoms with van der Waals surface area (Å²) in [5, 5.41) is 6.06. The molecule has 9 N–H and O–H groups in total. The minimum atomic E-state index is -0.333. The maximum Gasteiger partial charge on any atom is 0.183 e. The van der Waals surface area contributed by atoms with Gasteiger partial charge < -0.3 is 22.4 Å². The Balaban J connectivity index is -0.0000000150. The fourth-order valence-corrected chi connectivity index (χ4v) is 0. The molecule has 0 saturated carbocycles. The van der Waals surface area contributed by atoms with Crippen LogP contribution < -0.4 is 11.5 Å². The van der Waals surface area contributed by atoms with Crippen LogP contribution in [0.25, 0.3) is 0 Å². The SMILES string of the molecule is Cl.N=C(N)N.O.O. The Labute approximate surface area is 47.2 Å². The normalized spacial score (nSPS) is 3.43. The highest BCUT2D eigenvalue weighted by molar-refractivity contribution is 5.85. The van der Waals surface area contributed by atoms with Crippen molar-refractivity contribution in [2.45, 2.75) is 0 Å². The van der Waals surface area contributed by atoms with E-state index >= 15 is 0 Å². The van der Waals surface area contributed by atoms with E-state index < -0.39 is 0 Å². The van der Waals surface area contributed by atoms with Crippen molar-refractivity contribution < 1.29 is 11.0 Å². The van der Waals surface area contributed by atoms with Gasteiger partial charge >= 0.3 is 0 Å². The molecule has 0 unspecified atom stereocenters. The van der Waals surface area contributed by atoms with Gasteiger partial charge in [0.05, 0.1) is 0 Å². The zero-order valence-electron chi connectivity index (χ0n) is 3.56. The molecular weight excluding hydrogens is 121 g/mol. The highest BCUT2D eigenvalue weighted by Gasteiger charge is 1.52. The molecule has 0 aliphatic heterocycles. The Morgan fingerprint density at radius 3 is 1.14 bits per heavy atom. The standard InChI is InChI=1S/CH5N3.ClH.2H2O/c2-1(3)4;;;/h(H5,2,3,4);1H;2*1H2. The summed E-state index contributed by atoms with van der Waals surface area (Å²) in [6.07, 6.45) is 0. The number of halogens is 1. The number of hydrogen-bond acceptors (Lipinski definition) is 1. The third-order valence-corrected chi connectivity index (χ3v) is 0. The Bertz CT molecular complexity index is 35.9. The molecule has 0 aromatic carbocycles. The minimum Gasteiger partial charge on any atom is -0.412 e. The molecule has 0 atom stereocenters. The molecule has 0 heterocycles. The van der Waals surface area contributed by atoms with E-state index in [0.29, 0.717) is 0 Å². The van der Waals surface area contributed by atoms with Crippen molar-refractivity contribution >= 4 is 18.4 Å². The minimum absolute atomic E-state index is 0. The van der Waals surface area contributed by atoms with Gasteiger partial charge in [-0.05, 0) is 0 Å². The van der Waals surface area contributed by atoms with Crippen molar-refractivity contribution in [3.05, 3.63) is 0 Å². The van der Waals surface area contributed by atoms with Crippen LogP contribution in [0.2, 0.25) is 0 Å². The molecule has 0 aromatic heterocycles. The number of nitrogens with one attached hydrogen (secondary N) is 1. The van der Waals surface area contributed by atoms with Gasteiger partial charge in [-0.1, -0.05) is 0 Å². The average molecular weight is 132 g/mol. The first kappa shape index (κ1) is 31.6. The molecule has 0 aliphatic rings. The van der Waals surface area contributed by atoms with E-state index in [2.05, 4.69) is 11.5 Å². The predicted octanol–water partition coefficient (Wildman–Crippen LogP) is -2.39. The zero-order chi connectivity index (χ0) is 3.58. The van der Waals surface area contributed by atoms with Crippen LogP contribution >= 0.6 is 12.4 Å². The van der Waals surface area contributed by atoms with E-state index in [1.165, 1.54) is 0 Å². The lowest BCUT2D eigenvalue weighted by Gasteiger charge is -1.69. The van der Waals surface area contributed by atoms with Crippen molar-refractivity contribution in [2.75, 3.05) is 0 Å². The van der Waals surface area contributed by atoms with Gasteiger partial charge in [0.2, 0.25) is 0 Å². The summed E-state index contributed by atoms with van der Waals surface area (Å²) in [6.45, 7) is 0. The second-order valence-corrected chi connectivity index (χ2v) is 0.455. The molecule has 0 saturated heterocycles. The summed E-state index contributed by atoms with van der Waals surface area (Å²) in [4.78, 5) is 0. The fraction of sp³-hybridized carbons (Fsp3) is 0. The largest absolute Gasteiger partial charge is 0.412 e. The lowest BCUT2D eigenvalue weighted by molar-refractivity contribution is 0.823. The number of nitrogens with two attached hydrogens (primary N) is 2. The van der Waals surface area contributed by atoms with Crippen LogP contribution in [0.3, 0.4) is 0 Å². The summed E-state index contributed by atoms with van der Waals surface area (Å²) in [5.41, 5.74) is 8.94. The third-order valence-electron chi connectivity index (χ3n) is 0. The topological polar surface area (TPSA) is 139 Å². The molecule has 7 heavy (non-hydrogen) atoms. The first-order valence-corrected chi connectivity index (χ1v) is 0.827. The highest BCUT2D eigenvalue weighted by Crippen LogP contribution is 1.13. The van der Waals surface area contributed by atoms with Crippen molar-refractivity contribution in [1.29, 1.82) is 5.41 Å². The molecule has 48 valence electrons. The van der Waals surface area contributed by atoms with Gasteiger partial charge in [-0.2, -0.15) is 0 Å². The second kappa shape index (κ2) is 17.9. The van der Waals surface area contributed by atoms with Gasteiger partial charge in [0.25, 0.3) is 0 Å². The number of rotatable bonds is 0. The lowest BCUT2D eigenvalue weighted by Crippen LogP contribution is -2.20. The molecule has 0 rings (SSSR count). The second-order valence-electron chi connectivity index (χ2n) is 0.455. The average Bonchev–Trinajstić information content (AvgIpc) is 0.811.